The van der Waals surface area contributed by atoms with Gasteiger partial charge in [0.05, 0.1) is 6.10 Å². The van der Waals surface area contributed by atoms with Crippen molar-refractivity contribution in [2.75, 3.05) is 0 Å². The lowest BCUT2D eigenvalue weighted by Crippen LogP contribution is -2.56. The number of carbonyl (C=O) groups excluding carboxylic acids is 1. The number of unbranched alkanes of at least 4 members (excludes halogenated alkanes) is 11. The molecule has 1 N–H and O–H groups in total. The summed E-state index contributed by atoms with van der Waals surface area (Å²) >= 11 is 0. The third-order valence-corrected chi connectivity index (χ3v) is 14.8. The van der Waals surface area contributed by atoms with E-state index < -0.39 is 6.10 Å². The molecule has 10 atom stereocenters. The van der Waals surface area contributed by atoms with Crippen LogP contribution < -0.4 is 0 Å². The van der Waals surface area contributed by atoms with E-state index in [4.69, 9.17) is 4.74 Å². The van der Waals surface area contributed by atoms with Crippen molar-refractivity contribution >= 4 is 5.97 Å². The molecule has 0 amide bonds. The molecule has 0 aliphatic heterocycles. The second-order valence-corrected chi connectivity index (χ2v) is 18.3. The Balaban J connectivity index is 1.24. The van der Waals surface area contributed by atoms with Gasteiger partial charge in [0.15, 0.2) is 0 Å². The van der Waals surface area contributed by atoms with Crippen molar-refractivity contribution in [3.63, 3.8) is 0 Å². The van der Waals surface area contributed by atoms with E-state index in [2.05, 4.69) is 78.8 Å². The molecule has 0 aromatic heterocycles. The highest BCUT2D eigenvalue weighted by Crippen LogP contribution is 2.67. The summed E-state index contributed by atoms with van der Waals surface area (Å²) in [5, 5.41) is 10.9. The van der Waals surface area contributed by atoms with Gasteiger partial charge in [-0.15, -0.1) is 0 Å². The summed E-state index contributed by atoms with van der Waals surface area (Å²) < 4.78 is 6.42. The van der Waals surface area contributed by atoms with Crippen LogP contribution in [-0.2, 0) is 9.53 Å². The van der Waals surface area contributed by atoms with Crippen molar-refractivity contribution in [1.29, 1.82) is 0 Å². The van der Waals surface area contributed by atoms with E-state index in [0.29, 0.717) is 47.8 Å². The van der Waals surface area contributed by atoms with Crippen LogP contribution in [0, 0.1) is 52.3 Å². The molecular formula is C47H80O3. The normalized spacial score (nSPS) is 33.7. The Hall–Kier alpha value is -1.35. The Morgan fingerprint density at radius 2 is 1.54 bits per heavy atom. The molecule has 3 heteroatoms. The van der Waals surface area contributed by atoms with Crippen LogP contribution in [0.1, 0.15) is 190 Å². The highest BCUT2D eigenvalue weighted by molar-refractivity contribution is 5.69. The van der Waals surface area contributed by atoms with Gasteiger partial charge in [0.2, 0.25) is 0 Å². The first-order valence-electron chi connectivity index (χ1n) is 22.0. The molecule has 3 saturated carbocycles. The van der Waals surface area contributed by atoms with E-state index in [1.807, 2.05) is 0 Å². The Kier molecular flexibility index (Phi) is 16.7. The molecule has 4 rings (SSSR count). The first kappa shape index (κ1) is 41.4. The fourth-order valence-corrected chi connectivity index (χ4v) is 11.6. The Bertz CT molecular complexity index is 1100. The maximum atomic E-state index is 13.3. The van der Waals surface area contributed by atoms with E-state index in [9.17, 15) is 9.90 Å². The number of allylic oxidation sites excluding steroid dienone is 5. The van der Waals surface area contributed by atoms with Gasteiger partial charge in [-0.3, -0.25) is 4.79 Å². The van der Waals surface area contributed by atoms with Crippen molar-refractivity contribution < 1.29 is 14.6 Å². The summed E-state index contributed by atoms with van der Waals surface area (Å²) in [6, 6.07) is 0. The van der Waals surface area contributed by atoms with Gasteiger partial charge < -0.3 is 9.84 Å². The van der Waals surface area contributed by atoms with Crippen molar-refractivity contribution in [2.45, 2.75) is 202 Å². The van der Waals surface area contributed by atoms with Gasteiger partial charge in [-0.05, 0) is 124 Å². The number of rotatable bonds is 21. The minimum absolute atomic E-state index is 0.0432. The maximum absolute atomic E-state index is 13.3. The second kappa shape index (κ2) is 20.2. The van der Waals surface area contributed by atoms with E-state index in [1.54, 1.807) is 0 Å². The molecule has 0 heterocycles. The summed E-state index contributed by atoms with van der Waals surface area (Å²) in [5.41, 5.74) is 1.62. The Morgan fingerprint density at radius 1 is 0.880 bits per heavy atom. The van der Waals surface area contributed by atoms with Crippen molar-refractivity contribution in [3.05, 3.63) is 36.0 Å². The molecule has 0 bridgehead atoms. The SMILES string of the molecule is CCCCCCCC/C=C\CCCCCCCC(=O)OC1C[C@@H](O)CC2=CC[C@H]3[C@@H]4CC[C@H]([C@H](C)/C=C/[C@H](CC)C(C)C)[C@@]4(C)CC[C@@H]3[C@]21C. The zero-order valence-corrected chi connectivity index (χ0v) is 33.9. The summed E-state index contributed by atoms with van der Waals surface area (Å²) in [5.74, 6) is 4.65. The number of hydrogen-bond donors (Lipinski definition) is 1. The lowest BCUT2D eigenvalue weighted by molar-refractivity contribution is -0.169. The predicted molar refractivity (Wildman–Crippen MR) is 213 cm³/mol. The minimum atomic E-state index is -0.404. The first-order chi connectivity index (χ1) is 24.1. The van der Waals surface area contributed by atoms with Crippen LogP contribution in [0.3, 0.4) is 0 Å². The van der Waals surface area contributed by atoms with Crippen LogP contribution in [0.2, 0.25) is 0 Å². The number of ether oxygens (including phenoxy) is 1. The number of aliphatic hydroxyl groups excluding tert-OH is 1. The van der Waals surface area contributed by atoms with Crippen LogP contribution >= 0.6 is 0 Å². The molecule has 0 aromatic rings. The molecule has 1 unspecified atom stereocenters. The average molecular weight is 693 g/mol. The highest BCUT2D eigenvalue weighted by atomic mass is 16.5. The van der Waals surface area contributed by atoms with E-state index in [-0.39, 0.29) is 17.5 Å². The zero-order chi connectivity index (χ0) is 36.1. The van der Waals surface area contributed by atoms with Crippen molar-refractivity contribution in [2.24, 2.45) is 52.3 Å². The molecule has 286 valence electrons. The van der Waals surface area contributed by atoms with Gasteiger partial charge in [-0.2, -0.15) is 0 Å². The summed E-state index contributed by atoms with van der Waals surface area (Å²) in [6.45, 7) is 16.9. The highest BCUT2D eigenvalue weighted by Gasteiger charge is 2.61. The molecular weight excluding hydrogens is 613 g/mol. The molecule has 0 spiro atoms. The topological polar surface area (TPSA) is 46.5 Å². The maximum Gasteiger partial charge on any atom is 0.306 e. The Labute approximate surface area is 310 Å². The number of carbonyl (C=O) groups is 1. The van der Waals surface area contributed by atoms with Gasteiger partial charge in [-0.25, -0.2) is 0 Å². The minimum Gasteiger partial charge on any atom is -0.461 e. The van der Waals surface area contributed by atoms with Crippen LogP contribution in [-0.4, -0.2) is 23.3 Å². The molecule has 50 heavy (non-hydrogen) atoms. The standard InChI is InChI=1S/C47H80O3/c1-8-10-11-12-13-14-15-16-17-18-19-20-21-22-23-24-45(49)50-44-34-39(48)33-38-27-28-40-42-30-29-41(36(5)25-26-37(9-2)35(3)4)46(42,6)32-31-43(40)47(38,44)7/h16-17,25-27,35-37,39-44,48H,8-15,18-24,28-34H2,1-7H3/b17-16-,26-25+/t36-,37+,39+,40+,41-,42+,43+,44?,46-,47+/m1/s1. The van der Waals surface area contributed by atoms with Gasteiger partial charge in [0.25, 0.3) is 0 Å². The molecule has 3 fully saturated rings. The summed E-state index contributed by atoms with van der Waals surface area (Å²) in [6.07, 6.45) is 37.5. The third kappa shape index (κ3) is 10.4. The van der Waals surface area contributed by atoms with Gasteiger partial charge in [-0.1, -0.05) is 136 Å². The smallest absolute Gasteiger partial charge is 0.306 e. The largest absolute Gasteiger partial charge is 0.461 e. The monoisotopic (exact) mass is 693 g/mol. The van der Waals surface area contributed by atoms with Gasteiger partial charge >= 0.3 is 5.97 Å². The lowest BCUT2D eigenvalue weighted by atomic mass is 9.46. The van der Waals surface area contributed by atoms with Gasteiger partial charge in [0.1, 0.15) is 6.10 Å². The van der Waals surface area contributed by atoms with Crippen LogP contribution in [0.15, 0.2) is 36.0 Å². The molecule has 0 saturated heterocycles. The molecule has 4 aliphatic carbocycles. The number of aliphatic hydroxyl groups is 1. The fraction of sp³-hybridized carbons (Fsp3) is 0.851. The average Bonchev–Trinajstić information content (AvgIpc) is 3.44. The van der Waals surface area contributed by atoms with Crippen LogP contribution in [0.5, 0.6) is 0 Å². The van der Waals surface area contributed by atoms with Crippen molar-refractivity contribution in [1.82, 2.24) is 0 Å². The lowest BCUT2D eigenvalue weighted by Gasteiger charge is -2.60. The zero-order valence-electron chi connectivity index (χ0n) is 33.9. The summed E-state index contributed by atoms with van der Waals surface area (Å²) in [7, 11) is 0. The van der Waals surface area contributed by atoms with Gasteiger partial charge in [0, 0.05) is 18.3 Å². The molecule has 3 nitrogen and oxygen atoms in total. The first-order valence-corrected chi connectivity index (χ1v) is 22.0. The quantitative estimate of drug-likeness (QED) is 0.0740. The second-order valence-electron chi connectivity index (χ2n) is 18.3. The number of esters is 1. The summed E-state index contributed by atoms with van der Waals surface area (Å²) in [4.78, 5) is 13.3. The molecule has 0 aromatic carbocycles. The van der Waals surface area contributed by atoms with E-state index >= 15 is 0 Å². The third-order valence-electron chi connectivity index (χ3n) is 14.8. The van der Waals surface area contributed by atoms with Crippen LogP contribution in [0.25, 0.3) is 0 Å². The predicted octanol–water partition coefficient (Wildman–Crippen LogP) is 13.4. The Morgan fingerprint density at radius 3 is 2.20 bits per heavy atom. The number of fused-ring (bicyclic) bond motifs is 5. The fourth-order valence-electron chi connectivity index (χ4n) is 11.6. The molecule has 4 aliphatic rings. The van der Waals surface area contributed by atoms with E-state index in [0.717, 1.165) is 37.5 Å². The van der Waals surface area contributed by atoms with Crippen LogP contribution in [0.4, 0.5) is 0 Å². The molecule has 0 radical (unpaired) electrons. The number of hydrogen-bond acceptors (Lipinski definition) is 3. The van der Waals surface area contributed by atoms with E-state index in [1.165, 1.54) is 108 Å². The van der Waals surface area contributed by atoms with Crippen molar-refractivity contribution in [3.8, 4) is 0 Å².